The number of aliphatic carboxylic acids is 1. The quantitative estimate of drug-likeness (QED) is 0.774. The smallest absolute Gasteiger partial charge is 0.320 e. The molecule has 0 saturated heterocycles. The van der Waals surface area contributed by atoms with E-state index in [1.807, 2.05) is 44.2 Å². The highest BCUT2D eigenvalue weighted by molar-refractivity contribution is 5.73. The number of carboxylic acid groups (broad SMARTS) is 1. The van der Waals surface area contributed by atoms with Gasteiger partial charge in [-0.3, -0.25) is 4.79 Å². The summed E-state index contributed by atoms with van der Waals surface area (Å²) in [5, 5.41) is 12.2. The first-order valence-electron chi connectivity index (χ1n) is 5.65. The first-order chi connectivity index (χ1) is 7.65. The summed E-state index contributed by atoms with van der Waals surface area (Å²) in [6.07, 6.45) is 0.860. The van der Waals surface area contributed by atoms with E-state index in [0.717, 1.165) is 12.0 Å². The van der Waals surface area contributed by atoms with Gasteiger partial charge in [-0.2, -0.15) is 0 Å². The summed E-state index contributed by atoms with van der Waals surface area (Å²) in [5.41, 5.74) is 1.11. The Balaban J connectivity index is 2.54. The molecular weight excluding hydrogens is 202 g/mol. The van der Waals surface area contributed by atoms with Gasteiger partial charge in [0.05, 0.1) is 0 Å². The Bertz CT molecular complexity index is 324. The van der Waals surface area contributed by atoms with E-state index in [2.05, 4.69) is 5.32 Å². The number of carboxylic acids is 1. The monoisotopic (exact) mass is 221 g/mol. The summed E-state index contributed by atoms with van der Waals surface area (Å²) < 4.78 is 0. The molecule has 1 aromatic carbocycles. The van der Waals surface area contributed by atoms with Crippen molar-refractivity contribution in [2.45, 2.75) is 32.9 Å². The molecule has 0 aliphatic carbocycles. The van der Waals surface area contributed by atoms with E-state index in [9.17, 15) is 4.79 Å². The van der Waals surface area contributed by atoms with Crippen LogP contribution in [0.15, 0.2) is 30.3 Å². The highest BCUT2D eigenvalue weighted by Crippen LogP contribution is 2.09. The zero-order valence-electron chi connectivity index (χ0n) is 9.81. The Morgan fingerprint density at radius 2 is 2.00 bits per heavy atom. The van der Waals surface area contributed by atoms with E-state index >= 15 is 0 Å². The summed E-state index contributed by atoms with van der Waals surface area (Å²) in [7, 11) is 0. The molecule has 1 aromatic rings. The van der Waals surface area contributed by atoms with Crippen LogP contribution in [-0.2, 0) is 11.3 Å². The summed E-state index contributed by atoms with van der Waals surface area (Å²) in [4.78, 5) is 11.1. The molecule has 3 heteroatoms. The lowest BCUT2D eigenvalue weighted by Crippen LogP contribution is -2.41. The second-order valence-corrected chi connectivity index (χ2v) is 4.07. The topological polar surface area (TPSA) is 49.3 Å². The first-order valence-corrected chi connectivity index (χ1v) is 5.65. The van der Waals surface area contributed by atoms with Gasteiger partial charge in [-0.25, -0.2) is 0 Å². The van der Waals surface area contributed by atoms with Gasteiger partial charge in [0.25, 0.3) is 0 Å². The van der Waals surface area contributed by atoms with Gasteiger partial charge in [-0.05, 0) is 11.5 Å². The number of carbonyl (C=O) groups is 1. The number of benzene rings is 1. The molecular formula is C13H19NO2. The SMILES string of the molecule is CC[C@@H](C)[C@@H](NCc1ccccc1)C(=O)O. The summed E-state index contributed by atoms with van der Waals surface area (Å²) in [5.74, 6) is -0.633. The normalized spacial score (nSPS) is 14.4. The van der Waals surface area contributed by atoms with Gasteiger partial charge < -0.3 is 10.4 Å². The Morgan fingerprint density at radius 3 is 2.50 bits per heavy atom. The summed E-state index contributed by atoms with van der Waals surface area (Å²) in [6, 6.07) is 9.37. The molecule has 2 atom stereocenters. The van der Waals surface area contributed by atoms with Gasteiger partial charge in [0.2, 0.25) is 0 Å². The van der Waals surface area contributed by atoms with Crippen LogP contribution in [-0.4, -0.2) is 17.1 Å². The third-order valence-corrected chi connectivity index (χ3v) is 2.85. The standard InChI is InChI=1S/C13H19NO2/c1-3-10(2)12(13(15)16)14-9-11-7-5-4-6-8-11/h4-8,10,12,14H,3,9H2,1-2H3,(H,15,16)/t10-,12-/m1/s1. The number of hydrogen-bond donors (Lipinski definition) is 2. The maximum Gasteiger partial charge on any atom is 0.320 e. The molecule has 0 unspecified atom stereocenters. The van der Waals surface area contributed by atoms with Gasteiger partial charge in [-0.15, -0.1) is 0 Å². The molecule has 0 amide bonds. The summed E-state index contributed by atoms with van der Waals surface area (Å²) >= 11 is 0. The van der Waals surface area contributed by atoms with Crippen LogP contribution in [0.5, 0.6) is 0 Å². The lowest BCUT2D eigenvalue weighted by Gasteiger charge is -2.20. The molecule has 2 N–H and O–H groups in total. The van der Waals surface area contributed by atoms with Crippen molar-refractivity contribution >= 4 is 5.97 Å². The molecule has 0 fully saturated rings. The number of rotatable bonds is 6. The Hall–Kier alpha value is -1.35. The van der Waals surface area contributed by atoms with Crippen molar-refractivity contribution in [3.8, 4) is 0 Å². The molecule has 0 bridgehead atoms. The van der Waals surface area contributed by atoms with E-state index in [0.29, 0.717) is 6.54 Å². The van der Waals surface area contributed by atoms with Crippen molar-refractivity contribution in [3.63, 3.8) is 0 Å². The number of nitrogens with one attached hydrogen (secondary N) is 1. The zero-order chi connectivity index (χ0) is 12.0. The van der Waals surface area contributed by atoms with Crippen LogP contribution < -0.4 is 5.32 Å². The molecule has 0 aromatic heterocycles. The molecule has 0 heterocycles. The van der Waals surface area contributed by atoms with Crippen molar-refractivity contribution in [1.82, 2.24) is 5.32 Å². The molecule has 16 heavy (non-hydrogen) atoms. The second-order valence-electron chi connectivity index (χ2n) is 4.07. The van der Waals surface area contributed by atoms with Gasteiger partial charge in [0.1, 0.15) is 6.04 Å². The van der Waals surface area contributed by atoms with Gasteiger partial charge >= 0.3 is 5.97 Å². The minimum Gasteiger partial charge on any atom is -0.480 e. The van der Waals surface area contributed by atoms with Crippen LogP contribution in [0, 0.1) is 5.92 Å². The fourth-order valence-electron chi connectivity index (χ4n) is 1.59. The van der Waals surface area contributed by atoms with Gasteiger partial charge in [-0.1, -0.05) is 50.6 Å². The Morgan fingerprint density at radius 1 is 1.38 bits per heavy atom. The van der Waals surface area contributed by atoms with E-state index in [1.54, 1.807) is 0 Å². The minimum atomic E-state index is -0.773. The predicted molar refractivity (Wildman–Crippen MR) is 64.2 cm³/mol. The van der Waals surface area contributed by atoms with E-state index < -0.39 is 12.0 Å². The van der Waals surface area contributed by atoms with Crippen molar-refractivity contribution in [3.05, 3.63) is 35.9 Å². The average Bonchev–Trinajstić information content (AvgIpc) is 2.30. The average molecular weight is 221 g/mol. The fraction of sp³-hybridized carbons (Fsp3) is 0.462. The first kappa shape index (κ1) is 12.7. The molecule has 88 valence electrons. The van der Waals surface area contributed by atoms with Crippen LogP contribution >= 0.6 is 0 Å². The molecule has 0 spiro atoms. The van der Waals surface area contributed by atoms with Crippen LogP contribution in [0.3, 0.4) is 0 Å². The molecule has 0 aliphatic rings. The lowest BCUT2D eigenvalue weighted by atomic mass is 9.99. The molecule has 0 aliphatic heterocycles. The third kappa shape index (κ3) is 3.66. The molecule has 1 rings (SSSR count). The van der Waals surface area contributed by atoms with E-state index in [4.69, 9.17) is 5.11 Å². The maximum absolute atomic E-state index is 11.1. The molecule has 0 radical (unpaired) electrons. The molecule has 0 saturated carbocycles. The highest BCUT2D eigenvalue weighted by Gasteiger charge is 2.22. The third-order valence-electron chi connectivity index (χ3n) is 2.85. The fourth-order valence-corrected chi connectivity index (χ4v) is 1.59. The van der Waals surface area contributed by atoms with Crippen LogP contribution in [0.2, 0.25) is 0 Å². The van der Waals surface area contributed by atoms with E-state index in [-0.39, 0.29) is 5.92 Å². The van der Waals surface area contributed by atoms with Crippen LogP contribution in [0.25, 0.3) is 0 Å². The highest BCUT2D eigenvalue weighted by atomic mass is 16.4. The van der Waals surface area contributed by atoms with Gasteiger partial charge in [0.15, 0.2) is 0 Å². The maximum atomic E-state index is 11.1. The summed E-state index contributed by atoms with van der Waals surface area (Å²) in [6.45, 7) is 4.56. The van der Waals surface area contributed by atoms with Crippen molar-refractivity contribution < 1.29 is 9.90 Å². The molecule has 3 nitrogen and oxygen atoms in total. The zero-order valence-corrected chi connectivity index (χ0v) is 9.81. The van der Waals surface area contributed by atoms with Crippen LogP contribution in [0.4, 0.5) is 0 Å². The second kappa shape index (κ2) is 6.28. The van der Waals surface area contributed by atoms with Crippen molar-refractivity contribution in [2.24, 2.45) is 5.92 Å². The van der Waals surface area contributed by atoms with Crippen molar-refractivity contribution in [1.29, 1.82) is 0 Å². The largest absolute Gasteiger partial charge is 0.480 e. The number of hydrogen-bond acceptors (Lipinski definition) is 2. The lowest BCUT2D eigenvalue weighted by molar-refractivity contribution is -0.140. The minimum absolute atomic E-state index is 0.140. The van der Waals surface area contributed by atoms with E-state index in [1.165, 1.54) is 0 Å². The van der Waals surface area contributed by atoms with Crippen molar-refractivity contribution in [2.75, 3.05) is 0 Å². The Labute approximate surface area is 96.5 Å². The van der Waals surface area contributed by atoms with Crippen LogP contribution in [0.1, 0.15) is 25.8 Å². The Kier molecular flexibility index (Phi) is 4.99. The predicted octanol–water partition coefficient (Wildman–Crippen LogP) is 2.28. The van der Waals surface area contributed by atoms with Gasteiger partial charge in [0, 0.05) is 6.54 Å².